The number of nitrogens with zero attached hydrogens (tertiary/aromatic N) is 1. The van der Waals surface area contributed by atoms with Crippen LogP contribution in [0, 0.1) is 13.8 Å². The van der Waals surface area contributed by atoms with Gasteiger partial charge in [-0.15, -0.1) is 0 Å². The minimum absolute atomic E-state index is 0.148. The third-order valence-corrected chi connectivity index (χ3v) is 7.00. The Morgan fingerprint density at radius 2 is 1.64 bits per heavy atom. The highest BCUT2D eigenvalue weighted by molar-refractivity contribution is 7.92. The van der Waals surface area contributed by atoms with Gasteiger partial charge < -0.3 is 10.1 Å². The summed E-state index contributed by atoms with van der Waals surface area (Å²) in [5, 5.41) is 2.86. The fourth-order valence-corrected chi connectivity index (χ4v) is 5.09. The first-order valence-corrected chi connectivity index (χ1v) is 12.3. The Morgan fingerprint density at radius 1 is 0.939 bits per heavy atom. The van der Waals surface area contributed by atoms with Crippen molar-refractivity contribution in [3.63, 3.8) is 0 Å². The number of rotatable bonds is 10. The zero-order valence-corrected chi connectivity index (χ0v) is 20.1. The SMILES string of the molecule is COc1cccc(CCCNC(=O)CN(c2cc(C)cc(C)c2)S(=O)(=O)c2ccccc2)c1. The quantitative estimate of drug-likeness (QED) is 0.453. The van der Waals surface area contributed by atoms with Crippen molar-refractivity contribution >= 4 is 21.6 Å². The molecule has 174 valence electrons. The summed E-state index contributed by atoms with van der Waals surface area (Å²) in [6.07, 6.45) is 1.51. The maximum atomic E-state index is 13.4. The predicted molar refractivity (Wildman–Crippen MR) is 131 cm³/mol. The molecule has 3 aromatic carbocycles. The number of hydrogen-bond acceptors (Lipinski definition) is 4. The molecular weight excluding hydrogens is 436 g/mol. The first-order chi connectivity index (χ1) is 15.8. The lowest BCUT2D eigenvalue weighted by atomic mass is 10.1. The van der Waals surface area contributed by atoms with Gasteiger partial charge in [-0.3, -0.25) is 9.10 Å². The van der Waals surface area contributed by atoms with Gasteiger partial charge in [0.15, 0.2) is 0 Å². The first kappa shape index (κ1) is 24.3. The molecule has 0 heterocycles. The van der Waals surface area contributed by atoms with Gasteiger partial charge in [0.25, 0.3) is 10.0 Å². The fraction of sp³-hybridized carbons (Fsp3) is 0.269. The van der Waals surface area contributed by atoms with E-state index in [0.29, 0.717) is 12.2 Å². The van der Waals surface area contributed by atoms with Gasteiger partial charge in [0, 0.05) is 6.54 Å². The average molecular weight is 467 g/mol. The van der Waals surface area contributed by atoms with Crippen molar-refractivity contribution in [2.75, 3.05) is 24.5 Å². The van der Waals surface area contributed by atoms with Crippen molar-refractivity contribution in [2.45, 2.75) is 31.6 Å². The summed E-state index contributed by atoms with van der Waals surface area (Å²) in [6, 6.07) is 21.5. The number of sulfonamides is 1. The van der Waals surface area contributed by atoms with Crippen molar-refractivity contribution in [3.8, 4) is 5.75 Å². The Kier molecular flexibility index (Phi) is 8.11. The van der Waals surface area contributed by atoms with E-state index in [2.05, 4.69) is 5.32 Å². The molecule has 33 heavy (non-hydrogen) atoms. The second-order valence-corrected chi connectivity index (χ2v) is 9.84. The summed E-state index contributed by atoms with van der Waals surface area (Å²) < 4.78 is 33.2. The molecule has 0 saturated heterocycles. The third kappa shape index (κ3) is 6.58. The lowest BCUT2D eigenvalue weighted by Crippen LogP contribution is -2.41. The molecule has 1 amide bonds. The van der Waals surface area contributed by atoms with Crippen molar-refractivity contribution in [1.29, 1.82) is 0 Å². The van der Waals surface area contributed by atoms with Gasteiger partial charge in [-0.05, 0) is 79.8 Å². The normalized spacial score (nSPS) is 11.1. The van der Waals surface area contributed by atoms with Crippen LogP contribution < -0.4 is 14.4 Å². The molecule has 6 nitrogen and oxygen atoms in total. The van der Waals surface area contributed by atoms with Gasteiger partial charge in [0.05, 0.1) is 17.7 Å². The van der Waals surface area contributed by atoms with E-state index < -0.39 is 10.0 Å². The van der Waals surface area contributed by atoms with Crippen LogP contribution in [0.3, 0.4) is 0 Å². The number of ether oxygens (including phenoxy) is 1. The molecule has 0 bridgehead atoms. The Hall–Kier alpha value is -3.32. The minimum Gasteiger partial charge on any atom is -0.497 e. The van der Waals surface area contributed by atoms with Gasteiger partial charge in [0.1, 0.15) is 12.3 Å². The summed E-state index contributed by atoms with van der Waals surface area (Å²) in [5.74, 6) is 0.450. The zero-order chi connectivity index (χ0) is 23.8. The summed E-state index contributed by atoms with van der Waals surface area (Å²) in [5.41, 5.74) is 3.45. The number of benzene rings is 3. The minimum atomic E-state index is -3.91. The monoisotopic (exact) mass is 466 g/mol. The third-order valence-electron chi connectivity index (χ3n) is 5.21. The van der Waals surface area contributed by atoms with E-state index in [1.165, 1.54) is 16.4 Å². The van der Waals surface area contributed by atoms with Crippen molar-refractivity contribution in [3.05, 3.63) is 89.5 Å². The van der Waals surface area contributed by atoms with Crippen LogP contribution in [-0.2, 0) is 21.2 Å². The van der Waals surface area contributed by atoms with E-state index in [0.717, 1.165) is 35.3 Å². The highest BCUT2D eigenvalue weighted by atomic mass is 32.2. The molecule has 0 fully saturated rings. The molecule has 3 aromatic rings. The second kappa shape index (κ2) is 11.0. The highest BCUT2D eigenvalue weighted by Crippen LogP contribution is 2.25. The number of methoxy groups -OCH3 is 1. The molecule has 0 atom stereocenters. The van der Waals surface area contributed by atoms with Gasteiger partial charge >= 0.3 is 0 Å². The number of anilines is 1. The summed E-state index contributed by atoms with van der Waals surface area (Å²) in [6.45, 7) is 3.96. The van der Waals surface area contributed by atoms with Crippen LogP contribution in [0.4, 0.5) is 5.69 Å². The molecule has 0 unspecified atom stereocenters. The van der Waals surface area contributed by atoms with Crippen molar-refractivity contribution < 1.29 is 17.9 Å². The molecular formula is C26H30N2O4S. The van der Waals surface area contributed by atoms with Crippen molar-refractivity contribution in [1.82, 2.24) is 5.32 Å². The summed E-state index contributed by atoms with van der Waals surface area (Å²) in [4.78, 5) is 12.9. The number of amides is 1. The van der Waals surface area contributed by atoms with E-state index >= 15 is 0 Å². The van der Waals surface area contributed by atoms with Crippen LogP contribution in [0.15, 0.2) is 77.7 Å². The van der Waals surface area contributed by atoms with Gasteiger partial charge in [-0.25, -0.2) is 8.42 Å². The van der Waals surface area contributed by atoms with E-state index in [1.807, 2.05) is 44.2 Å². The van der Waals surface area contributed by atoms with Crippen LogP contribution in [0.25, 0.3) is 0 Å². The fourth-order valence-electron chi connectivity index (χ4n) is 3.66. The molecule has 1 N–H and O–H groups in total. The summed E-state index contributed by atoms with van der Waals surface area (Å²) >= 11 is 0. The molecule has 7 heteroatoms. The first-order valence-electron chi connectivity index (χ1n) is 10.9. The van der Waals surface area contributed by atoms with Crippen LogP contribution in [0.5, 0.6) is 5.75 Å². The maximum absolute atomic E-state index is 13.4. The van der Waals surface area contributed by atoms with Crippen LogP contribution in [0.2, 0.25) is 0 Å². The van der Waals surface area contributed by atoms with Gasteiger partial charge in [0.2, 0.25) is 5.91 Å². The Labute approximate surface area is 196 Å². The topological polar surface area (TPSA) is 75.7 Å². The predicted octanol–water partition coefficient (Wildman–Crippen LogP) is 4.26. The molecule has 0 aliphatic heterocycles. The number of hydrogen-bond donors (Lipinski definition) is 1. The molecule has 3 rings (SSSR count). The number of aryl methyl sites for hydroxylation is 3. The Balaban J connectivity index is 1.71. The zero-order valence-electron chi connectivity index (χ0n) is 19.2. The van der Waals surface area contributed by atoms with E-state index in [1.54, 1.807) is 37.4 Å². The lowest BCUT2D eigenvalue weighted by molar-refractivity contribution is -0.119. The van der Waals surface area contributed by atoms with E-state index in [4.69, 9.17) is 4.74 Å². The average Bonchev–Trinajstić information content (AvgIpc) is 2.80. The molecule has 0 aliphatic carbocycles. The molecule has 0 radical (unpaired) electrons. The molecule has 0 aliphatic rings. The highest BCUT2D eigenvalue weighted by Gasteiger charge is 2.27. The Morgan fingerprint density at radius 3 is 2.30 bits per heavy atom. The molecule has 0 saturated carbocycles. The van der Waals surface area contributed by atoms with Crippen molar-refractivity contribution in [2.24, 2.45) is 0 Å². The van der Waals surface area contributed by atoms with Gasteiger partial charge in [-0.1, -0.05) is 36.4 Å². The maximum Gasteiger partial charge on any atom is 0.264 e. The van der Waals surface area contributed by atoms with E-state index in [-0.39, 0.29) is 17.3 Å². The largest absolute Gasteiger partial charge is 0.497 e. The van der Waals surface area contributed by atoms with Gasteiger partial charge in [-0.2, -0.15) is 0 Å². The van der Waals surface area contributed by atoms with Crippen LogP contribution >= 0.6 is 0 Å². The van der Waals surface area contributed by atoms with Crippen LogP contribution in [0.1, 0.15) is 23.1 Å². The molecule has 0 spiro atoms. The second-order valence-electron chi connectivity index (χ2n) is 7.98. The van der Waals surface area contributed by atoms with E-state index in [9.17, 15) is 13.2 Å². The van der Waals surface area contributed by atoms with Crippen LogP contribution in [-0.4, -0.2) is 34.5 Å². The molecule has 0 aromatic heterocycles. The standard InChI is InChI=1S/C26H30N2O4S/c1-20-15-21(2)17-23(16-20)28(33(30,31)25-12-5-4-6-13-25)19-26(29)27-14-8-10-22-9-7-11-24(18-22)32-3/h4-7,9,11-13,15-18H,8,10,14,19H2,1-3H3,(H,27,29). The Bertz CT molecular complexity index is 1170. The number of carbonyl (C=O) groups is 1. The summed E-state index contributed by atoms with van der Waals surface area (Å²) in [7, 11) is -2.28. The number of nitrogens with one attached hydrogen (secondary N) is 1. The smallest absolute Gasteiger partial charge is 0.264 e. The number of carbonyl (C=O) groups excluding carboxylic acids is 1. The lowest BCUT2D eigenvalue weighted by Gasteiger charge is -2.25.